The maximum Gasteiger partial charge on any atom is 0.251 e. The predicted octanol–water partition coefficient (Wildman–Crippen LogP) is 2.64. The summed E-state index contributed by atoms with van der Waals surface area (Å²) in [4.78, 5) is 17.0. The summed E-state index contributed by atoms with van der Waals surface area (Å²) in [6, 6.07) is 10.3. The Morgan fingerprint density at radius 2 is 1.93 bits per heavy atom. The van der Waals surface area contributed by atoms with Crippen molar-refractivity contribution in [1.29, 1.82) is 0 Å². The zero-order valence-corrected chi connectivity index (χ0v) is 16.7. The molecule has 0 fully saturated rings. The summed E-state index contributed by atoms with van der Waals surface area (Å²) >= 11 is 0. The Hall–Kier alpha value is -3.23. The van der Waals surface area contributed by atoms with Crippen LogP contribution in [0.2, 0.25) is 0 Å². The highest BCUT2D eigenvalue weighted by Gasteiger charge is 2.17. The lowest BCUT2D eigenvalue weighted by Crippen LogP contribution is -2.30. The van der Waals surface area contributed by atoms with Gasteiger partial charge in [0.25, 0.3) is 5.91 Å². The Morgan fingerprint density at radius 1 is 1.13 bits per heavy atom. The van der Waals surface area contributed by atoms with E-state index in [9.17, 15) is 19.4 Å². The highest BCUT2D eigenvalue weighted by Crippen LogP contribution is 2.23. The number of carbonyl (C=O) groups excluding carboxylic acids is 1. The first kappa shape index (κ1) is 21.5. The van der Waals surface area contributed by atoms with Crippen LogP contribution in [-0.2, 0) is 0 Å². The van der Waals surface area contributed by atoms with E-state index < -0.39 is 17.8 Å². The average molecular weight is 413 g/mol. The van der Waals surface area contributed by atoms with E-state index >= 15 is 0 Å². The number of carbonyl (C=O) groups is 1. The smallest absolute Gasteiger partial charge is 0.251 e. The van der Waals surface area contributed by atoms with E-state index in [0.717, 1.165) is 10.8 Å². The van der Waals surface area contributed by atoms with E-state index in [1.807, 2.05) is 6.92 Å². The molecule has 30 heavy (non-hydrogen) atoms. The van der Waals surface area contributed by atoms with Crippen LogP contribution < -0.4 is 15.4 Å². The molecule has 7 nitrogen and oxygen atoms in total. The Labute approximate surface area is 173 Å². The van der Waals surface area contributed by atoms with Crippen LogP contribution in [0.15, 0.2) is 48.7 Å². The molecule has 2 unspecified atom stereocenters. The number of nitrogens with one attached hydrogen (secondary N) is 2. The first-order valence-electron chi connectivity index (χ1n) is 9.47. The van der Waals surface area contributed by atoms with Crippen LogP contribution in [0.1, 0.15) is 28.9 Å². The number of nitrogens with zero attached hydrogens (tertiary/aromatic N) is 1. The standard InChI is InChI=1S/C22H24FN3O4/c1-13(11-27)25-21-9-17-7-15(3-4-16(17)10-24-21)22(29)26-19(12-28)14-5-6-20(30-2)18(23)8-14/h3-10,13,19,27-28H,11-12H2,1-2H3,(H,24,25)(H,26,29). The number of benzene rings is 2. The topological polar surface area (TPSA) is 104 Å². The van der Waals surface area contributed by atoms with Crippen LogP contribution in [0, 0.1) is 5.82 Å². The Kier molecular flexibility index (Phi) is 6.81. The first-order chi connectivity index (χ1) is 14.4. The van der Waals surface area contributed by atoms with Gasteiger partial charge in [-0.15, -0.1) is 0 Å². The molecule has 0 saturated heterocycles. The van der Waals surface area contributed by atoms with Gasteiger partial charge in [0, 0.05) is 23.2 Å². The van der Waals surface area contributed by atoms with Gasteiger partial charge < -0.3 is 25.6 Å². The summed E-state index contributed by atoms with van der Waals surface area (Å²) in [5.41, 5.74) is 0.820. The summed E-state index contributed by atoms with van der Waals surface area (Å²) in [6.45, 7) is 1.41. The second-order valence-corrected chi connectivity index (χ2v) is 6.96. The Bertz CT molecular complexity index is 1040. The molecule has 0 spiro atoms. The predicted molar refractivity (Wildman–Crippen MR) is 112 cm³/mol. The van der Waals surface area contributed by atoms with Gasteiger partial charge in [0.2, 0.25) is 0 Å². The molecule has 8 heteroatoms. The summed E-state index contributed by atoms with van der Waals surface area (Å²) in [7, 11) is 1.37. The number of anilines is 1. The molecule has 1 heterocycles. The normalized spacial score (nSPS) is 13.0. The van der Waals surface area contributed by atoms with Gasteiger partial charge in [-0.2, -0.15) is 0 Å². The molecular formula is C22H24FN3O4. The van der Waals surface area contributed by atoms with E-state index in [0.29, 0.717) is 16.9 Å². The van der Waals surface area contributed by atoms with Gasteiger partial charge in [-0.05, 0) is 48.2 Å². The molecule has 3 aromatic rings. The molecule has 0 saturated carbocycles. The van der Waals surface area contributed by atoms with Gasteiger partial charge in [-0.1, -0.05) is 12.1 Å². The third-order valence-electron chi connectivity index (χ3n) is 4.72. The molecule has 1 amide bonds. The van der Waals surface area contributed by atoms with Crippen molar-refractivity contribution in [2.24, 2.45) is 0 Å². The summed E-state index contributed by atoms with van der Waals surface area (Å²) in [6.07, 6.45) is 1.68. The van der Waals surface area contributed by atoms with Crippen LogP contribution >= 0.6 is 0 Å². The lowest BCUT2D eigenvalue weighted by molar-refractivity contribution is 0.0916. The van der Waals surface area contributed by atoms with Crippen molar-refractivity contribution in [1.82, 2.24) is 10.3 Å². The maximum absolute atomic E-state index is 14.0. The zero-order chi connectivity index (χ0) is 21.7. The lowest BCUT2D eigenvalue weighted by atomic mass is 10.0. The molecule has 158 valence electrons. The van der Waals surface area contributed by atoms with Gasteiger partial charge in [0.1, 0.15) is 5.82 Å². The molecule has 0 aliphatic heterocycles. The second-order valence-electron chi connectivity index (χ2n) is 6.96. The van der Waals surface area contributed by atoms with E-state index in [4.69, 9.17) is 4.74 Å². The van der Waals surface area contributed by atoms with Crippen LogP contribution in [0.4, 0.5) is 10.2 Å². The fraction of sp³-hybridized carbons (Fsp3) is 0.273. The zero-order valence-electron chi connectivity index (χ0n) is 16.7. The molecule has 0 aliphatic carbocycles. The Morgan fingerprint density at radius 3 is 2.60 bits per heavy atom. The number of aliphatic hydroxyl groups excluding tert-OH is 2. The summed E-state index contributed by atoms with van der Waals surface area (Å²) < 4.78 is 18.9. The van der Waals surface area contributed by atoms with E-state index in [-0.39, 0.29) is 25.0 Å². The fourth-order valence-corrected chi connectivity index (χ4v) is 3.03. The Balaban J connectivity index is 1.81. The van der Waals surface area contributed by atoms with Gasteiger partial charge in [-0.3, -0.25) is 4.79 Å². The van der Waals surface area contributed by atoms with Crippen molar-refractivity contribution in [2.45, 2.75) is 19.0 Å². The highest BCUT2D eigenvalue weighted by molar-refractivity contribution is 5.99. The number of hydrogen-bond acceptors (Lipinski definition) is 6. The van der Waals surface area contributed by atoms with Gasteiger partial charge >= 0.3 is 0 Å². The van der Waals surface area contributed by atoms with Crippen molar-refractivity contribution < 1.29 is 24.1 Å². The minimum atomic E-state index is -0.770. The van der Waals surface area contributed by atoms with Gasteiger partial charge in [-0.25, -0.2) is 9.37 Å². The average Bonchev–Trinajstić information content (AvgIpc) is 2.76. The number of ether oxygens (including phenoxy) is 1. The van der Waals surface area contributed by atoms with Crippen LogP contribution in [0.25, 0.3) is 10.8 Å². The molecule has 1 aromatic heterocycles. The number of aliphatic hydroxyl groups is 2. The van der Waals surface area contributed by atoms with Crippen LogP contribution in [0.3, 0.4) is 0 Å². The number of aromatic nitrogens is 1. The monoisotopic (exact) mass is 413 g/mol. The molecule has 4 N–H and O–H groups in total. The summed E-state index contributed by atoms with van der Waals surface area (Å²) in [5, 5.41) is 26.3. The van der Waals surface area contributed by atoms with Crippen molar-refractivity contribution in [3.05, 3.63) is 65.6 Å². The molecule has 3 rings (SSSR count). The molecular weight excluding hydrogens is 389 g/mol. The van der Waals surface area contributed by atoms with E-state index in [2.05, 4.69) is 15.6 Å². The SMILES string of the molecule is COc1ccc(C(CO)NC(=O)c2ccc3cnc(NC(C)CO)cc3c2)cc1F. The van der Waals surface area contributed by atoms with Crippen molar-refractivity contribution in [3.63, 3.8) is 0 Å². The van der Waals surface area contributed by atoms with Crippen LogP contribution in [0.5, 0.6) is 5.75 Å². The minimum absolute atomic E-state index is 0.0311. The van der Waals surface area contributed by atoms with Crippen molar-refractivity contribution >= 4 is 22.5 Å². The number of rotatable bonds is 8. The van der Waals surface area contributed by atoms with E-state index in [1.54, 1.807) is 36.5 Å². The second kappa shape index (κ2) is 9.51. The third kappa shape index (κ3) is 4.84. The van der Waals surface area contributed by atoms with Gasteiger partial charge in [0.15, 0.2) is 11.6 Å². The number of methoxy groups -OCH3 is 1. The number of hydrogen-bond donors (Lipinski definition) is 4. The highest BCUT2D eigenvalue weighted by atomic mass is 19.1. The molecule has 0 bridgehead atoms. The molecule has 2 aromatic carbocycles. The van der Waals surface area contributed by atoms with Crippen molar-refractivity contribution in [3.8, 4) is 5.75 Å². The maximum atomic E-state index is 14.0. The first-order valence-corrected chi connectivity index (χ1v) is 9.47. The number of amides is 1. The van der Waals surface area contributed by atoms with Crippen LogP contribution in [-0.4, -0.2) is 47.5 Å². The number of fused-ring (bicyclic) bond motifs is 1. The fourth-order valence-electron chi connectivity index (χ4n) is 3.03. The summed E-state index contributed by atoms with van der Waals surface area (Å²) in [5.74, 6) is -0.298. The quantitative estimate of drug-likeness (QED) is 0.453. The number of pyridine rings is 1. The molecule has 2 atom stereocenters. The number of halogens is 1. The molecule has 0 radical (unpaired) electrons. The minimum Gasteiger partial charge on any atom is -0.494 e. The molecule has 0 aliphatic rings. The largest absolute Gasteiger partial charge is 0.494 e. The third-order valence-corrected chi connectivity index (χ3v) is 4.72. The van der Waals surface area contributed by atoms with E-state index in [1.165, 1.54) is 19.2 Å². The van der Waals surface area contributed by atoms with Gasteiger partial charge in [0.05, 0.1) is 26.4 Å². The van der Waals surface area contributed by atoms with Crippen molar-refractivity contribution in [2.75, 3.05) is 25.6 Å². The lowest BCUT2D eigenvalue weighted by Gasteiger charge is -2.18.